The number of benzene rings is 1. The Morgan fingerprint density at radius 2 is 2.29 bits per heavy atom. The maximum atomic E-state index is 12.4. The Hall–Kier alpha value is -2.67. The van der Waals surface area contributed by atoms with Crippen LogP contribution in [0.4, 0.5) is 0 Å². The Morgan fingerprint density at radius 3 is 3.08 bits per heavy atom. The molecule has 0 aliphatic heterocycles. The lowest BCUT2D eigenvalue weighted by molar-refractivity contribution is 0.0947. The number of aromatic nitrogens is 4. The highest BCUT2D eigenvalue weighted by Crippen LogP contribution is 2.38. The van der Waals surface area contributed by atoms with Crippen molar-refractivity contribution in [3.05, 3.63) is 52.8 Å². The van der Waals surface area contributed by atoms with Crippen LogP contribution in [-0.4, -0.2) is 26.2 Å². The lowest BCUT2D eigenvalue weighted by atomic mass is 10.1. The number of rotatable bonds is 5. The standard InChI is InChI=1S/C16H14ClN5O2/c17-11-3-1-2-10(6-11)14-12(7-19-21-14)16(23)18-8-13-20-15(22-24-13)9-4-5-9/h1-3,6-7,9H,4-5,8H2,(H,18,23)(H,19,21). The average Bonchev–Trinajstić information content (AvgIpc) is 3.12. The SMILES string of the molecule is O=C(NCc1nc(C2CC2)no1)c1cn[nH]c1-c1cccc(Cl)c1. The summed E-state index contributed by atoms with van der Waals surface area (Å²) in [5, 5.41) is 14.1. The van der Waals surface area contributed by atoms with Crippen LogP contribution in [0.3, 0.4) is 0 Å². The van der Waals surface area contributed by atoms with Crippen LogP contribution in [0.15, 0.2) is 35.0 Å². The number of hydrogen-bond donors (Lipinski definition) is 2. The summed E-state index contributed by atoms with van der Waals surface area (Å²) in [6.45, 7) is 0.179. The third-order valence-corrected chi connectivity index (χ3v) is 4.06. The molecule has 8 heteroatoms. The molecule has 122 valence electrons. The van der Waals surface area contributed by atoms with Crippen LogP contribution in [0.1, 0.15) is 40.8 Å². The van der Waals surface area contributed by atoms with Crippen LogP contribution in [0, 0.1) is 0 Å². The van der Waals surface area contributed by atoms with Gasteiger partial charge in [-0.15, -0.1) is 0 Å². The van der Waals surface area contributed by atoms with E-state index < -0.39 is 0 Å². The van der Waals surface area contributed by atoms with Crippen LogP contribution >= 0.6 is 11.6 Å². The molecule has 3 aromatic rings. The lowest BCUT2D eigenvalue weighted by Crippen LogP contribution is -2.23. The molecule has 7 nitrogen and oxygen atoms in total. The number of carbonyl (C=O) groups is 1. The minimum Gasteiger partial charge on any atom is -0.343 e. The molecule has 0 atom stereocenters. The average molecular weight is 344 g/mol. The molecular formula is C16H14ClN5O2. The van der Waals surface area contributed by atoms with Crippen molar-refractivity contribution in [1.82, 2.24) is 25.7 Å². The topological polar surface area (TPSA) is 96.7 Å². The Morgan fingerprint density at radius 1 is 1.42 bits per heavy atom. The molecule has 0 saturated heterocycles. The van der Waals surface area contributed by atoms with Crippen LogP contribution in [0.25, 0.3) is 11.3 Å². The molecule has 0 radical (unpaired) electrons. The van der Waals surface area contributed by atoms with E-state index in [0.29, 0.717) is 28.1 Å². The first-order valence-corrected chi connectivity index (χ1v) is 7.98. The molecule has 1 aliphatic rings. The third kappa shape index (κ3) is 3.03. The maximum absolute atomic E-state index is 12.4. The summed E-state index contributed by atoms with van der Waals surface area (Å²) in [5.74, 6) is 1.27. The van der Waals surface area contributed by atoms with Crippen molar-refractivity contribution >= 4 is 17.5 Å². The first-order chi connectivity index (χ1) is 11.7. The van der Waals surface area contributed by atoms with Crippen molar-refractivity contribution in [2.75, 3.05) is 0 Å². The molecule has 0 spiro atoms. The number of carbonyl (C=O) groups excluding carboxylic acids is 1. The zero-order chi connectivity index (χ0) is 16.5. The van der Waals surface area contributed by atoms with Crippen LogP contribution in [0.5, 0.6) is 0 Å². The van der Waals surface area contributed by atoms with Gasteiger partial charge in [0.05, 0.1) is 24.0 Å². The Labute approximate surface area is 142 Å². The molecule has 1 aliphatic carbocycles. The molecule has 1 fully saturated rings. The van der Waals surface area contributed by atoms with Gasteiger partial charge in [0.25, 0.3) is 5.91 Å². The first-order valence-electron chi connectivity index (χ1n) is 7.60. The van der Waals surface area contributed by atoms with Crippen molar-refractivity contribution in [2.24, 2.45) is 0 Å². The van der Waals surface area contributed by atoms with Crippen molar-refractivity contribution in [1.29, 1.82) is 0 Å². The van der Waals surface area contributed by atoms with Gasteiger partial charge in [-0.25, -0.2) is 0 Å². The fourth-order valence-electron chi connectivity index (χ4n) is 2.42. The largest absolute Gasteiger partial charge is 0.343 e. The molecule has 2 N–H and O–H groups in total. The van der Waals surface area contributed by atoms with Gasteiger partial charge in [0.1, 0.15) is 0 Å². The first kappa shape index (κ1) is 14.9. The number of aromatic amines is 1. The van der Waals surface area contributed by atoms with E-state index in [4.69, 9.17) is 16.1 Å². The van der Waals surface area contributed by atoms with Gasteiger partial charge < -0.3 is 9.84 Å². The summed E-state index contributed by atoms with van der Waals surface area (Å²) in [6.07, 6.45) is 3.68. The van der Waals surface area contributed by atoms with Gasteiger partial charge >= 0.3 is 0 Å². The van der Waals surface area contributed by atoms with Gasteiger partial charge in [-0.05, 0) is 25.0 Å². The van der Waals surface area contributed by atoms with Crippen molar-refractivity contribution < 1.29 is 9.32 Å². The number of H-pyrrole nitrogens is 1. The van der Waals surface area contributed by atoms with E-state index in [9.17, 15) is 4.79 Å². The summed E-state index contributed by atoms with van der Waals surface area (Å²) in [7, 11) is 0. The maximum Gasteiger partial charge on any atom is 0.255 e. The Bertz CT molecular complexity index is 884. The van der Waals surface area contributed by atoms with Gasteiger partial charge in [0.15, 0.2) is 5.82 Å². The fourth-order valence-corrected chi connectivity index (χ4v) is 2.61. The normalized spacial score (nSPS) is 13.9. The molecule has 0 bridgehead atoms. The summed E-state index contributed by atoms with van der Waals surface area (Å²) < 4.78 is 5.15. The second-order valence-electron chi connectivity index (χ2n) is 5.67. The Kier molecular flexibility index (Phi) is 3.78. The van der Waals surface area contributed by atoms with E-state index in [2.05, 4.69) is 25.7 Å². The van der Waals surface area contributed by atoms with Gasteiger partial charge in [-0.3, -0.25) is 9.89 Å². The van der Waals surface area contributed by atoms with E-state index in [1.807, 2.05) is 12.1 Å². The molecule has 4 rings (SSSR count). The fraction of sp³-hybridized carbons (Fsp3) is 0.250. The van der Waals surface area contributed by atoms with Crippen molar-refractivity contribution in [3.8, 4) is 11.3 Å². The van der Waals surface area contributed by atoms with Crippen LogP contribution in [0.2, 0.25) is 5.02 Å². The highest BCUT2D eigenvalue weighted by Gasteiger charge is 2.28. The minimum absolute atomic E-state index is 0.179. The molecule has 1 saturated carbocycles. The van der Waals surface area contributed by atoms with E-state index in [1.54, 1.807) is 12.1 Å². The second kappa shape index (κ2) is 6.09. The number of hydrogen-bond acceptors (Lipinski definition) is 5. The summed E-state index contributed by atoms with van der Waals surface area (Å²) in [6, 6.07) is 7.22. The molecule has 2 heterocycles. The highest BCUT2D eigenvalue weighted by molar-refractivity contribution is 6.30. The predicted octanol–water partition coefficient (Wildman–Crippen LogP) is 2.92. The highest BCUT2D eigenvalue weighted by atomic mass is 35.5. The Balaban J connectivity index is 1.47. The summed E-state index contributed by atoms with van der Waals surface area (Å²) in [4.78, 5) is 16.7. The van der Waals surface area contributed by atoms with E-state index in [0.717, 1.165) is 24.2 Å². The molecule has 0 unspecified atom stereocenters. The predicted molar refractivity (Wildman–Crippen MR) is 86.5 cm³/mol. The quantitative estimate of drug-likeness (QED) is 0.742. The molecule has 1 aromatic carbocycles. The van der Waals surface area contributed by atoms with Gasteiger partial charge in [-0.1, -0.05) is 28.9 Å². The molecule has 2 aromatic heterocycles. The zero-order valence-corrected chi connectivity index (χ0v) is 13.4. The van der Waals surface area contributed by atoms with Crippen LogP contribution < -0.4 is 5.32 Å². The molecular weight excluding hydrogens is 330 g/mol. The molecule has 1 amide bonds. The summed E-state index contributed by atoms with van der Waals surface area (Å²) >= 11 is 6.01. The smallest absolute Gasteiger partial charge is 0.255 e. The van der Waals surface area contributed by atoms with Crippen molar-refractivity contribution in [3.63, 3.8) is 0 Å². The summed E-state index contributed by atoms with van der Waals surface area (Å²) in [5.41, 5.74) is 1.83. The number of amides is 1. The number of nitrogens with one attached hydrogen (secondary N) is 2. The second-order valence-corrected chi connectivity index (χ2v) is 6.11. The van der Waals surface area contributed by atoms with E-state index in [1.165, 1.54) is 6.20 Å². The van der Waals surface area contributed by atoms with E-state index in [-0.39, 0.29) is 12.5 Å². The number of nitrogens with zero attached hydrogens (tertiary/aromatic N) is 3. The van der Waals surface area contributed by atoms with Crippen LogP contribution in [-0.2, 0) is 6.54 Å². The van der Waals surface area contributed by atoms with Crippen molar-refractivity contribution in [2.45, 2.75) is 25.3 Å². The van der Waals surface area contributed by atoms with Gasteiger partial charge in [-0.2, -0.15) is 10.1 Å². The zero-order valence-electron chi connectivity index (χ0n) is 12.6. The monoisotopic (exact) mass is 343 g/mol. The molecule has 24 heavy (non-hydrogen) atoms. The van der Waals surface area contributed by atoms with Gasteiger partial charge in [0, 0.05) is 16.5 Å². The number of halogens is 1. The lowest BCUT2D eigenvalue weighted by Gasteiger charge is -2.04. The minimum atomic E-state index is -0.273. The third-order valence-electron chi connectivity index (χ3n) is 3.82. The van der Waals surface area contributed by atoms with E-state index >= 15 is 0 Å². The van der Waals surface area contributed by atoms with Gasteiger partial charge in [0.2, 0.25) is 5.89 Å².